The first kappa shape index (κ1) is 22.4. The number of hydrogen-bond acceptors (Lipinski definition) is 5. The summed E-state index contributed by atoms with van der Waals surface area (Å²) in [6.45, 7) is 9.28. The third kappa shape index (κ3) is 5.82. The van der Waals surface area contributed by atoms with Gasteiger partial charge in [-0.1, -0.05) is 49.7 Å². The van der Waals surface area contributed by atoms with Crippen LogP contribution in [0.25, 0.3) is 0 Å². The van der Waals surface area contributed by atoms with Crippen molar-refractivity contribution < 1.29 is 4.79 Å². The number of anilines is 1. The molecule has 0 aliphatic rings. The van der Waals surface area contributed by atoms with E-state index < -0.39 is 0 Å². The Morgan fingerprint density at radius 1 is 1.25 bits per heavy atom. The number of benzene rings is 1. The topological polar surface area (TPSA) is 63.1 Å². The molecule has 0 bridgehead atoms. The van der Waals surface area contributed by atoms with E-state index in [0.29, 0.717) is 5.75 Å². The van der Waals surface area contributed by atoms with Crippen molar-refractivity contribution in [3.63, 3.8) is 0 Å². The van der Waals surface area contributed by atoms with E-state index in [1.54, 1.807) is 0 Å². The molecule has 2 aromatic rings. The lowest BCUT2D eigenvalue weighted by Gasteiger charge is -2.23. The maximum Gasteiger partial charge on any atom is 0.234 e. The van der Waals surface area contributed by atoms with Gasteiger partial charge in [0.1, 0.15) is 0 Å². The predicted molar refractivity (Wildman–Crippen MR) is 117 cm³/mol. The molecule has 0 aliphatic heterocycles. The molecule has 1 heterocycles. The molecule has 0 unspecified atom stereocenters. The number of carbonyl (C=O) groups excluding carboxylic acids is 1. The minimum atomic E-state index is -0.0248. The van der Waals surface area contributed by atoms with Gasteiger partial charge in [0.15, 0.2) is 11.0 Å². The Labute approximate surface area is 173 Å². The number of aryl methyl sites for hydroxylation is 2. The zero-order chi connectivity index (χ0) is 20.7. The fourth-order valence-electron chi connectivity index (χ4n) is 3.23. The highest BCUT2D eigenvalue weighted by Crippen LogP contribution is 2.26. The SMILES string of the molecule is CCCCn1c(SCC(=O)Nc2ccc(C)cc2C)nnc1[C@H](CC)N(C)C. The number of thioether (sulfide) groups is 1. The van der Waals surface area contributed by atoms with Gasteiger partial charge in [-0.2, -0.15) is 0 Å². The number of hydrogen-bond donors (Lipinski definition) is 1. The van der Waals surface area contributed by atoms with Crippen LogP contribution in [0.2, 0.25) is 0 Å². The van der Waals surface area contributed by atoms with Gasteiger partial charge in [-0.05, 0) is 52.4 Å². The van der Waals surface area contributed by atoms with Gasteiger partial charge in [0, 0.05) is 12.2 Å². The van der Waals surface area contributed by atoms with Gasteiger partial charge in [0.2, 0.25) is 5.91 Å². The molecule has 0 saturated heterocycles. The molecule has 6 nitrogen and oxygen atoms in total. The summed E-state index contributed by atoms with van der Waals surface area (Å²) < 4.78 is 2.19. The number of nitrogens with one attached hydrogen (secondary N) is 1. The minimum Gasteiger partial charge on any atom is -0.325 e. The lowest BCUT2D eigenvalue weighted by Crippen LogP contribution is -2.23. The van der Waals surface area contributed by atoms with Crippen LogP contribution in [-0.2, 0) is 11.3 Å². The average Bonchev–Trinajstić information content (AvgIpc) is 3.03. The molecule has 154 valence electrons. The van der Waals surface area contributed by atoms with Gasteiger partial charge >= 0.3 is 0 Å². The molecule has 1 aromatic heterocycles. The number of amides is 1. The Kier molecular flexibility index (Phi) is 8.51. The average molecular weight is 404 g/mol. The summed E-state index contributed by atoms with van der Waals surface area (Å²) in [4.78, 5) is 14.6. The highest BCUT2D eigenvalue weighted by atomic mass is 32.2. The van der Waals surface area contributed by atoms with Gasteiger partial charge < -0.3 is 9.88 Å². The minimum absolute atomic E-state index is 0.0248. The number of rotatable bonds is 10. The smallest absolute Gasteiger partial charge is 0.234 e. The van der Waals surface area contributed by atoms with E-state index in [2.05, 4.69) is 59.0 Å². The molecule has 28 heavy (non-hydrogen) atoms. The van der Waals surface area contributed by atoms with Gasteiger partial charge in [-0.25, -0.2) is 0 Å². The van der Waals surface area contributed by atoms with Crippen molar-refractivity contribution in [2.24, 2.45) is 0 Å². The van der Waals surface area contributed by atoms with Gasteiger partial charge in [0.25, 0.3) is 0 Å². The molecule has 0 saturated carbocycles. The largest absolute Gasteiger partial charge is 0.325 e. The number of carbonyl (C=O) groups is 1. The van der Waals surface area contributed by atoms with E-state index >= 15 is 0 Å². The van der Waals surface area contributed by atoms with Crippen LogP contribution in [0, 0.1) is 13.8 Å². The van der Waals surface area contributed by atoms with Crippen LogP contribution in [-0.4, -0.2) is 45.4 Å². The van der Waals surface area contributed by atoms with E-state index in [0.717, 1.165) is 48.0 Å². The molecule has 2 rings (SSSR count). The summed E-state index contributed by atoms with van der Waals surface area (Å²) in [6.07, 6.45) is 3.14. The van der Waals surface area contributed by atoms with Crippen molar-refractivity contribution in [3.8, 4) is 0 Å². The molecule has 0 spiro atoms. The molecular weight excluding hydrogens is 370 g/mol. The van der Waals surface area contributed by atoms with Gasteiger partial charge in [0.05, 0.1) is 11.8 Å². The van der Waals surface area contributed by atoms with Gasteiger partial charge in [-0.3, -0.25) is 9.69 Å². The van der Waals surface area contributed by atoms with Crippen molar-refractivity contribution in [2.75, 3.05) is 25.2 Å². The third-order valence-corrected chi connectivity index (χ3v) is 5.74. The Bertz CT molecular complexity index is 787. The maximum absolute atomic E-state index is 12.5. The lowest BCUT2D eigenvalue weighted by atomic mass is 10.1. The predicted octanol–water partition coefficient (Wildman–Crippen LogP) is 4.44. The summed E-state index contributed by atoms with van der Waals surface area (Å²) in [5.41, 5.74) is 3.12. The van der Waals surface area contributed by atoms with Crippen LogP contribution in [0.3, 0.4) is 0 Å². The van der Waals surface area contributed by atoms with Crippen molar-refractivity contribution in [3.05, 3.63) is 35.2 Å². The number of unbranched alkanes of at least 4 members (excludes halogenated alkanes) is 1. The Morgan fingerprint density at radius 3 is 2.61 bits per heavy atom. The van der Waals surface area contributed by atoms with Crippen LogP contribution < -0.4 is 5.32 Å². The monoisotopic (exact) mass is 403 g/mol. The molecule has 0 radical (unpaired) electrons. The molecule has 1 aromatic carbocycles. The Hall–Kier alpha value is -1.86. The second kappa shape index (κ2) is 10.6. The van der Waals surface area contributed by atoms with E-state index in [9.17, 15) is 4.79 Å². The number of aromatic nitrogens is 3. The molecule has 0 aliphatic carbocycles. The Morgan fingerprint density at radius 2 is 2.00 bits per heavy atom. The second-order valence-electron chi connectivity index (χ2n) is 7.39. The summed E-state index contributed by atoms with van der Waals surface area (Å²) in [5.74, 6) is 1.28. The van der Waals surface area contributed by atoms with Gasteiger partial charge in [-0.15, -0.1) is 10.2 Å². The summed E-state index contributed by atoms with van der Waals surface area (Å²) in [7, 11) is 4.13. The summed E-state index contributed by atoms with van der Waals surface area (Å²) >= 11 is 1.45. The third-order valence-electron chi connectivity index (χ3n) is 4.78. The van der Waals surface area contributed by atoms with Crippen LogP contribution in [0.15, 0.2) is 23.4 Å². The van der Waals surface area contributed by atoms with E-state index in [4.69, 9.17) is 0 Å². The molecule has 1 amide bonds. The first-order valence-electron chi connectivity index (χ1n) is 9.96. The Balaban J connectivity index is 2.09. The van der Waals surface area contributed by atoms with Crippen molar-refractivity contribution >= 4 is 23.4 Å². The second-order valence-corrected chi connectivity index (χ2v) is 8.33. The van der Waals surface area contributed by atoms with Crippen molar-refractivity contribution in [1.82, 2.24) is 19.7 Å². The van der Waals surface area contributed by atoms with Crippen molar-refractivity contribution in [1.29, 1.82) is 0 Å². The first-order chi connectivity index (χ1) is 13.4. The standard InChI is InChI=1S/C21H33N5OS/c1-7-9-12-26-20(18(8-2)25(5)6)23-24-21(26)28-14-19(27)22-17-11-10-15(3)13-16(17)4/h10-11,13,18H,7-9,12,14H2,1-6H3,(H,22,27)/t18-/m0/s1. The fraction of sp³-hybridized carbons (Fsp3) is 0.571. The quantitative estimate of drug-likeness (QED) is 0.594. The van der Waals surface area contributed by atoms with E-state index in [1.807, 2.05) is 26.0 Å². The van der Waals surface area contributed by atoms with Crippen LogP contribution in [0.4, 0.5) is 5.69 Å². The molecule has 1 atom stereocenters. The zero-order valence-corrected chi connectivity index (χ0v) is 18.8. The number of nitrogens with zero attached hydrogens (tertiary/aromatic N) is 4. The maximum atomic E-state index is 12.5. The zero-order valence-electron chi connectivity index (χ0n) is 18.0. The van der Waals surface area contributed by atoms with Crippen LogP contribution >= 0.6 is 11.8 Å². The highest BCUT2D eigenvalue weighted by molar-refractivity contribution is 7.99. The van der Waals surface area contributed by atoms with E-state index in [1.165, 1.54) is 17.3 Å². The van der Waals surface area contributed by atoms with Crippen LogP contribution in [0.1, 0.15) is 56.1 Å². The molecule has 0 fully saturated rings. The first-order valence-corrected chi connectivity index (χ1v) is 10.9. The normalized spacial score (nSPS) is 12.4. The molecular formula is C21H33N5OS. The molecule has 7 heteroatoms. The fourth-order valence-corrected chi connectivity index (χ4v) is 4.00. The summed E-state index contributed by atoms with van der Waals surface area (Å²) in [6, 6.07) is 6.26. The highest BCUT2D eigenvalue weighted by Gasteiger charge is 2.22. The lowest BCUT2D eigenvalue weighted by molar-refractivity contribution is -0.113. The van der Waals surface area contributed by atoms with Crippen LogP contribution in [0.5, 0.6) is 0 Å². The summed E-state index contributed by atoms with van der Waals surface area (Å²) in [5, 5.41) is 12.7. The van der Waals surface area contributed by atoms with E-state index in [-0.39, 0.29) is 11.9 Å². The van der Waals surface area contributed by atoms with Crippen molar-refractivity contribution in [2.45, 2.75) is 64.7 Å². The molecule has 1 N–H and O–H groups in total.